The molecule has 128 valence electrons. The van der Waals surface area contributed by atoms with Crippen molar-refractivity contribution in [3.8, 4) is 11.4 Å². The zero-order chi connectivity index (χ0) is 17.8. The first-order chi connectivity index (χ1) is 12.1. The number of hydrogen-bond donors (Lipinski definition) is 0. The molecule has 0 N–H and O–H groups in total. The van der Waals surface area contributed by atoms with Gasteiger partial charge in [-0.1, -0.05) is 23.9 Å². The van der Waals surface area contributed by atoms with E-state index >= 15 is 0 Å². The molecule has 3 aromatic rings. The predicted molar refractivity (Wildman–Crippen MR) is 95.3 cm³/mol. The number of nitrogens with zero attached hydrogens (tertiary/aromatic N) is 4. The zero-order valence-corrected chi connectivity index (χ0v) is 14.6. The third kappa shape index (κ3) is 3.80. The molecule has 0 unspecified atom stereocenters. The van der Waals surface area contributed by atoms with Crippen LogP contribution in [0.1, 0.15) is 11.4 Å². The van der Waals surface area contributed by atoms with Crippen LogP contribution in [0.25, 0.3) is 5.69 Å². The zero-order valence-electron chi connectivity index (χ0n) is 13.7. The Kier molecular flexibility index (Phi) is 4.99. The number of rotatable bonds is 6. The van der Waals surface area contributed by atoms with Gasteiger partial charge in [0.25, 0.3) is 5.69 Å². The molecule has 0 fully saturated rings. The first kappa shape index (κ1) is 17.0. The second-order valence-corrected chi connectivity index (χ2v) is 6.22. The summed E-state index contributed by atoms with van der Waals surface area (Å²) in [7, 11) is 1.62. The Morgan fingerprint density at radius 3 is 2.64 bits per heavy atom. The molecule has 1 aromatic heterocycles. The number of aryl methyl sites for hydroxylation is 1. The Labute approximate surface area is 148 Å². The molecule has 0 amide bonds. The number of methoxy groups -OCH3 is 1. The van der Waals surface area contributed by atoms with Crippen LogP contribution < -0.4 is 4.74 Å². The highest BCUT2D eigenvalue weighted by Crippen LogP contribution is 2.27. The van der Waals surface area contributed by atoms with E-state index in [9.17, 15) is 10.1 Å². The molecule has 0 spiro atoms. The van der Waals surface area contributed by atoms with E-state index in [2.05, 4.69) is 10.2 Å². The highest BCUT2D eigenvalue weighted by Gasteiger charge is 2.13. The summed E-state index contributed by atoms with van der Waals surface area (Å²) in [6.07, 6.45) is 0. The SMILES string of the molecule is COc1ccc(-n2c(C)nnc2SCc2cccc([N+](=O)[O-])c2)cc1. The van der Waals surface area contributed by atoms with Crippen molar-refractivity contribution >= 4 is 17.4 Å². The fourth-order valence-corrected chi connectivity index (χ4v) is 3.31. The number of nitro groups is 1. The van der Waals surface area contributed by atoms with E-state index in [1.165, 1.54) is 17.8 Å². The summed E-state index contributed by atoms with van der Waals surface area (Å²) in [5, 5.41) is 20.0. The van der Waals surface area contributed by atoms with Crippen molar-refractivity contribution in [3.05, 3.63) is 70.0 Å². The lowest BCUT2D eigenvalue weighted by Crippen LogP contribution is -1.99. The van der Waals surface area contributed by atoms with Crippen molar-refractivity contribution < 1.29 is 9.66 Å². The normalized spacial score (nSPS) is 10.6. The molecule has 0 aliphatic heterocycles. The number of ether oxygens (including phenoxy) is 1. The van der Waals surface area contributed by atoms with E-state index in [4.69, 9.17) is 4.74 Å². The van der Waals surface area contributed by atoms with Crippen molar-refractivity contribution in [2.24, 2.45) is 0 Å². The third-order valence-electron chi connectivity index (χ3n) is 3.62. The molecule has 0 radical (unpaired) electrons. The maximum absolute atomic E-state index is 10.9. The van der Waals surface area contributed by atoms with Gasteiger partial charge < -0.3 is 4.74 Å². The summed E-state index contributed by atoms with van der Waals surface area (Å²) in [4.78, 5) is 10.5. The van der Waals surface area contributed by atoms with Gasteiger partial charge in [0, 0.05) is 23.6 Å². The van der Waals surface area contributed by atoms with Gasteiger partial charge in [-0.05, 0) is 36.8 Å². The minimum atomic E-state index is -0.391. The molecular formula is C17H16N4O3S. The number of nitro benzene ring substituents is 1. The van der Waals surface area contributed by atoms with Gasteiger partial charge in [-0.25, -0.2) is 0 Å². The van der Waals surface area contributed by atoms with Crippen molar-refractivity contribution in [2.45, 2.75) is 17.8 Å². The van der Waals surface area contributed by atoms with E-state index in [1.807, 2.05) is 41.8 Å². The first-order valence-electron chi connectivity index (χ1n) is 7.51. The first-order valence-corrected chi connectivity index (χ1v) is 8.49. The monoisotopic (exact) mass is 356 g/mol. The van der Waals surface area contributed by atoms with Gasteiger partial charge in [-0.15, -0.1) is 10.2 Å². The fraction of sp³-hybridized carbons (Fsp3) is 0.176. The molecule has 0 saturated carbocycles. The van der Waals surface area contributed by atoms with Crippen molar-refractivity contribution in [2.75, 3.05) is 7.11 Å². The summed E-state index contributed by atoms with van der Waals surface area (Å²) in [6.45, 7) is 1.88. The lowest BCUT2D eigenvalue weighted by atomic mass is 10.2. The molecule has 8 heteroatoms. The summed E-state index contributed by atoms with van der Waals surface area (Å²) >= 11 is 1.48. The van der Waals surface area contributed by atoms with Gasteiger partial charge in [-0.3, -0.25) is 14.7 Å². The second-order valence-electron chi connectivity index (χ2n) is 5.28. The Morgan fingerprint density at radius 2 is 1.96 bits per heavy atom. The van der Waals surface area contributed by atoms with E-state index in [-0.39, 0.29) is 5.69 Å². The lowest BCUT2D eigenvalue weighted by molar-refractivity contribution is -0.384. The highest BCUT2D eigenvalue weighted by atomic mass is 32.2. The number of hydrogen-bond acceptors (Lipinski definition) is 6. The number of thioether (sulfide) groups is 1. The molecule has 0 aliphatic carbocycles. The lowest BCUT2D eigenvalue weighted by Gasteiger charge is -2.09. The Morgan fingerprint density at radius 1 is 1.20 bits per heavy atom. The van der Waals surface area contributed by atoms with E-state index in [1.54, 1.807) is 19.2 Å². The van der Waals surface area contributed by atoms with E-state index < -0.39 is 4.92 Å². The van der Waals surface area contributed by atoms with Gasteiger partial charge in [0.15, 0.2) is 5.16 Å². The van der Waals surface area contributed by atoms with Crippen LogP contribution in [-0.4, -0.2) is 26.8 Å². The fourth-order valence-electron chi connectivity index (χ4n) is 2.37. The third-order valence-corrected chi connectivity index (χ3v) is 4.62. The van der Waals surface area contributed by atoms with Crippen molar-refractivity contribution in [1.29, 1.82) is 0 Å². The predicted octanol–water partition coefficient (Wildman–Crippen LogP) is 3.78. The van der Waals surface area contributed by atoms with Crippen LogP contribution >= 0.6 is 11.8 Å². The molecule has 1 heterocycles. The van der Waals surface area contributed by atoms with Crippen LogP contribution in [0.4, 0.5) is 5.69 Å². The van der Waals surface area contributed by atoms with Crippen LogP contribution in [0.15, 0.2) is 53.7 Å². The quantitative estimate of drug-likeness (QED) is 0.380. The molecule has 0 bridgehead atoms. The Hall–Kier alpha value is -2.87. The van der Waals surface area contributed by atoms with Crippen LogP contribution in [-0.2, 0) is 5.75 Å². The molecule has 25 heavy (non-hydrogen) atoms. The summed E-state index contributed by atoms with van der Waals surface area (Å²) < 4.78 is 7.13. The van der Waals surface area contributed by atoms with Crippen LogP contribution in [0.5, 0.6) is 5.75 Å². The minimum absolute atomic E-state index is 0.0888. The van der Waals surface area contributed by atoms with E-state index in [0.717, 1.165) is 28.0 Å². The average molecular weight is 356 g/mol. The molecule has 0 atom stereocenters. The Balaban J connectivity index is 1.82. The van der Waals surface area contributed by atoms with Crippen molar-refractivity contribution in [1.82, 2.24) is 14.8 Å². The smallest absolute Gasteiger partial charge is 0.269 e. The largest absolute Gasteiger partial charge is 0.497 e. The molecular weight excluding hydrogens is 340 g/mol. The maximum atomic E-state index is 10.9. The van der Waals surface area contributed by atoms with Gasteiger partial charge >= 0.3 is 0 Å². The Bertz CT molecular complexity index is 893. The van der Waals surface area contributed by atoms with Crippen LogP contribution in [0, 0.1) is 17.0 Å². The molecule has 0 saturated heterocycles. The van der Waals surface area contributed by atoms with Crippen LogP contribution in [0.2, 0.25) is 0 Å². The van der Waals surface area contributed by atoms with E-state index in [0.29, 0.717) is 5.75 Å². The second kappa shape index (κ2) is 7.35. The number of non-ortho nitro benzene ring substituents is 1. The maximum Gasteiger partial charge on any atom is 0.269 e. The number of aromatic nitrogens is 3. The minimum Gasteiger partial charge on any atom is -0.497 e. The highest BCUT2D eigenvalue weighted by molar-refractivity contribution is 7.98. The summed E-state index contributed by atoms with van der Waals surface area (Å²) in [6, 6.07) is 14.2. The molecule has 7 nitrogen and oxygen atoms in total. The van der Waals surface area contributed by atoms with Crippen molar-refractivity contribution in [3.63, 3.8) is 0 Å². The van der Waals surface area contributed by atoms with Gasteiger partial charge in [0.05, 0.1) is 12.0 Å². The molecule has 0 aliphatic rings. The molecule has 2 aromatic carbocycles. The summed E-state index contributed by atoms with van der Waals surface area (Å²) in [5.41, 5.74) is 1.89. The topological polar surface area (TPSA) is 83.1 Å². The number of benzene rings is 2. The standard InChI is InChI=1S/C17H16N4O3S/c1-12-18-19-17(20(12)14-6-8-16(24-2)9-7-14)25-11-13-4-3-5-15(10-13)21(22)23/h3-10H,11H2,1-2H3. The average Bonchev–Trinajstić information content (AvgIpc) is 3.01. The van der Waals surface area contributed by atoms with Gasteiger partial charge in [-0.2, -0.15) is 0 Å². The molecule has 3 rings (SSSR count). The van der Waals surface area contributed by atoms with Gasteiger partial charge in [0.2, 0.25) is 0 Å². The summed E-state index contributed by atoms with van der Waals surface area (Å²) in [5.74, 6) is 2.11. The van der Waals surface area contributed by atoms with Crippen LogP contribution in [0.3, 0.4) is 0 Å². The van der Waals surface area contributed by atoms with Gasteiger partial charge in [0.1, 0.15) is 11.6 Å².